The van der Waals surface area contributed by atoms with Crippen molar-refractivity contribution in [2.45, 2.75) is 25.8 Å². The Morgan fingerprint density at radius 1 is 1.10 bits per heavy atom. The molecule has 0 radical (unpaired) electrons. The predicted molar refractivity (Wildman–Crippen MR) is 82.3 cm³/mol. The summed E-state index contributed by atoms with van der Waals surface area (Å²) in [6, 6.07) is 17.7. The average molecular weight is 268 g/mol. The molecular weight excluding hydrogens is 248 g/mol. The standard InChI is InChI=1S/C17H20N2O/c1-13(11-14-7-3-2-4-8-14)19-17(20)12-15-9-5-6-10-16(15)18/h2-10,13H,11-12,18H2,1H3,(H,19,20). The maximum Gasteiger partial charge on any atom is 0.224 e. The Bertz CT molecular complexity index is 566. The van der Waals surface area contributed by atoms with E-state index < -0.39 is 0 Å². The number of rotatable bonds is 5. The van der Waals surface area contributed by atoms with Gasteiger partial charge in [0, 0.05) is 11.7 Å². The summed E-state index contributed by atoms with van der Waals surface area (Å²) in [5.74, 6) is 0.00586. The summed E-state index contributed by atoms with van der Waals surface area (Å²) >= 11 is 0. The fourth-order valence-electron chi connectivity index (χ4n) is 2.21. The Balaban J connectivity index is 1.87. The zero-order valence-electron chi connectivity index (χ0n) is 11.7. The molecule has 104 valence electrons. The molecule has 3 heteroatoms. The quantitative estimate of drug-likeness (QED) is 0.819. The highest BCUT2D eigenvalue weighted by atomic mass is 16.1. The van der Waals surface area contributed by atoms with E-state index in [-0.39, 0.29) is 11.9 Å². The molecule has 0 saturated carbocycles. The number of anilines is 1. The SMILES string of the molecule is CC(Cc1ccccc1)NC(=O)Cc1ccccc1N. The predicted octanol–water partition coefficient (Wildman–Crippen LogP) is 2.56. The summed E-state index contributed by atoms with van der Waals surface area (Å²) in [7, 11) is 0. The smallest absolute Gasteiger partial charge is 0.224 e. The molecule has 0 heterocycles. The lowest BCUT2D eigenvalue weighted by Crippen LogP contribution is -2.35. The number of benzene rings is 2. The molecule has 0 spiro atoms. The summed E-state index contributed by atoms with van der Waals surface area (Å²) in [4.78, 5) is 12.0. The molecule has 0 aliphatic rings. The van der Waals surface area contributed by atoms with E-state index in [1.165, 1.54) is 5.56 Å². The van der Waals surface area contributed by atoms with Crippen molar-refractivity contribution in [1.29, 1.82) is 0 Å². The Hall–Kier alpha value is -2.29. The number of nitrogens with one attached hydrogen (secondary N) is 1. The minimum absolute atomic E-state index is 0.00586. The lowest BCUT2D eigenvalue weighted by molar-refractivity contribution is -0.121. The Labute approximate surface area is 119 Å². The molecule has 3 N–H and O–H groups in total. The third kappa shape index (κ3) is 4.12. The van der Waals surface area contributed by atoms with Gasteiger partial charge < -0.3 is 11.1 Å². The van der Waals surface area contributed by atoms with E-state index in [0.29, 0.717) is 12.1 Å². The van der Waals surface area contributed by atoms with Crippen LogP contribution < -0.4 is 11.1 Å². The molecule has 2 aromatic rings. The van der Waals surface area contributed by atoms with Gasteiger partial charge in [-0.15, -0.1) is 0 Å². The maximum atomic E-state index is 12.0. The number of carbonyl (C=O) groups excluding carboxylic acids is 1. The molecule has 1 atom stereocenters. The first kappa shape index (κ1) is 14.1. The first-order chi connectivity index (χ1) is 9.65. The van der Waals surface area contributed by atoms with E-state index in [2.05, 4.69) is 17.4 Å². The highest BCUT2D eigenvalue weighted by Gasteiger charge is 2.10. The summed E-state index contributed by atoms with van der Waals surface area (Å²) in [5, 5.41) is 3.01. The number of hydrogen-bond donors (Lipinski definition) is 2. The number of nitrogens with two attached hydrogens (primary N) is 1. The van der Waals surface area contributed by atoms with Crippen molar-refractivity contribution < 1.29 is 4.79 Å². The second-order valence-electron chi connectivity index (χ2n) is 5.03. The minimum atomic E-state index is 0.00586. The third-order valence-corrected chi connectivity index (χ3v) is 3.20. The Morgan fingerprint density at radius 3 is 2.45 bits per heavy atom. The second kappa shape index (κ2) is 6.75. The van der Waals surface area contributed by atoms with Gasteiger partial charge in [-0.2, -0.15) is 0 Å². The van der Waals surface area contributed by atoms with Gasteiger partial charge in [-0.1, -0.05) is 48.5 Å². The van der Waals surface area contributed by atoms with Crippen LogP contribution in [0.2, 0.25) is 0 Å². The van der Waals surface area contributed by atoms with Gasteiger partial charge >= 0.3 is 0 Å². The van der Waals surface area contributed by atoms with Crippen LogP contribution in [0.5, 0.6) is 0 Å². The third-order valence-electron chi connectivity index (χ3n) is 3.20. The lowest BCUT2D eigenvalue weighted by atomic mass is 10.1. The topological polar surface area (TPSA) is 55.1 Å². The van der Waals surface area contributed by atoms with Gasteiger partial charge in [0.25, 0.3) is 0 Å². The molecule has 1 unspecified atom stereocenters. The van der Waals surface area contributed by atoms with Gasteiger partial charge in [-0.25, -0.2) is 0 Å². The lowest BCUT2D eigenvalue weighted by Gasteiger charge is -2.14. The van der Waals surface area contributed by atoms with Crippen LogP contribution in [0.3, 0.4) is 0 Å². The second-order valence-corrected chi connectivity index (χ2v) is 5.03. The molecule has 0 aromatic heterocycles. The van der Waals surface area contributed by atoms with Crippen molar-refractivity contribution in [3.05, 3.63) is 65.7 Å². The van der Waals surface area contributed by atoms with Crippen LogP contribution in [-0.4, -0.2) is 11.9 Å². The summed E-state index contributed by atoms with van der Waals surface area (Å²) < 4.78 is 0. The first-order valence-corrected chi connectivity index (χ1v) is 6.82. The van der Waals surface area contributed by atoms with Crippen LogP contribution >= 0.6 is 0 Å². The van der Waals surface area contributed by atoms with E-state index >= 15 is 0 Å². The monoisotopic (exact) mass is 268 g/mol. The molecule has 0 fully saturated rings. The summed E-state index contributed by atoms with van der Waals surface area (Å²) in [6.45, 7) is 2.01. The molecule has 2 rings (SSSR count). The van der Waals surface area contributed by atoms with E-state index in [1.54, 1.807) is 0 Å². The van der Waals surface area contributed by atoms with Crippen molar-refractivity contribution in [3.8, 4) is 0 Å². The van der Waals surface area contributed by atoms with Crippen LogP contribution in [0, 0.1) is 0 Å². The molecule has 0 saturated heterocycles. The molecule has 3 nitrogen and oxygen atoms in total. The van der Waals surface area contributed by atoms with Crippen LogP contribution in [0.4, 0.5) is 5.69 Å². The molecule has 0 aliphatic heterocycles. The number of carbonyl (C=O) groups is 1. The van der Waals surface area contributed by atoms with Gasteiger partial charge in [0.2, 0.25) is 5.91 Å². The van der Waals surface area contributed by atoms with Crippen LogP contribution in [0.15, 0.2) is 54.6 Å². The number of nitrogen functional groups attached to an aromatic ring is 1. The molecule has 20 heavy (non-hydrogen) atoms. The summed E-state index contributed by atoms with van der Waals surface area (Å²) in [5.41, 5.74) is 8.60. The number of hydrogen-bond acceptors (Lipinski definition) is 2. The maximum absolute atomic E-state index is 12.0. The fourth-order valence-corrected chi connectivity index (χ4v) is 2.21. The van der Waals surface area contributed by atoms with E-state index in [9.17, 15) is 4.79 Å². The highest BCUT2D eigenvalue weighted by Crippen LogP contribution is 2.11. The summed E-state index contributed by atoms with van der Waals surface area (Å²) in [6.07, 6.45) is 1.16. The number of amides is 1. The van der Waals surface area contributed by atoms with Gasteiger partial charge in [0.15, 0.2) is 0 Å². The molecular formula is C17H20N2O. The average Bonchev–Trinajstić information content (AvgIpc) is 2.42. The molecule has 1 amide bonds. The number of para-hydroxylation sites is 1. The van der Waals surface area contributed by atoms with E-state index in [1.807, 2.05) is 49.4 Å². The first-order valence-electron chi connectivity index (χ1n) is 6.82. The normalized spacial score (nSPS) is 11.8. The Kier molecular flexibility index (Phi) is 4.77. The van der Waals surface area contributed by atoms with Crippen molar-refractivity contribution >= 4 is 11.6 Å². The highest BCUT2D eigenvalue weighted by molar-refractivity contribution is 5.80. The van der Waals surface area contributed by atoms with Gasteiger partial charge in [0.1, 0.15) is 0 Å². The van der Waals surface area contributed by atoms with Gasteiger partial charge in [-0.05, 0) is 30.5 Å². The van der Waals surface area contributed by atoms with Crippen molar-refractivity contribution in [3.63, 3.8) is 0 Å². The Morgan fingerprint density at radius 2 is 1.75 bits per heavy atom. The molecule has 0 aliphatic carbocycles. The zero-order chi connectivity index (χ0) is 14.4. The fraction of sp³-hybridized carbons (Fsp3) is 0.235. The minimum Gasteiger partial charge on any atom is -0.398 e. The van der Waals surface area contributed by atoms with Gasteiger partial charge in [-0.3, -0.25) is 4.79 Å². The van der Waals surface area contributed by atoms with Crippen molar-refractivity contribution in [2.24, 2.45) is 0 Å². The van der Waals surface area contributed by atoms with Crippen molar-refractivity contribution in [2.75, 3.05) is 5.73 Å². The molecule has 2 aromatic carbocycles. The van der Waals surface area contributed by atoms with Crippen LogP contribution in [-0.2, 0) is 17.6 Å². The van der Waals surface area contributed by atoms with E-state index in [0.717, 1.165) is 12.0 Å². The van der Waals surface area contributed by atoms with Crippen LogP contribution in [0.1, 0.15) is 18.1 Å². The molecule has 0 bridgehead atoms. The van der Waals surface area contributed by atoms with Gasteiger partial charge in [0.05, 0.1) is 6.42 Å². The zero-order valence-corrected chi connectivity index (χ0v) is 11.7. The largest absolute Gasteiger partial charge is 0.398 e. The van der Waals surface area contributed by atoms with Crippen molar-refractivity contribution in [1.82, 2.24) is 5.32 Å². The van der Waals surface area contributed by atoms with Crippen LogP contribution in [0.25, 0.3) is 0 Å². The van der Waals surface area contributed by atoms with E-state index in [4.69, 9.17) is 5.73 Å².